The molecule has 0 radical (unpaired) electrons. The van der Waals surface area contributed by atoms with Crippen molar-refractivity contribution in [3.05, 3.63) is 169 Å². The van der Waals surface area contributed by atoms with Crippen molar-refractivity contribution in [3.8, 4) is 56.3 Å². The van der Waals surface area contributed by atoms with Crippen LogP contribution in [0.25, 0.3) is 94.4 Å². The zero-order valence-electron chi connectivity index (χ0n) is 28.8. The van der Waals surface area contributed by atoms with Crippen LogP contribution < -0.4 is 0 Å². The fraction of sp³-hybridized carbons (Fsp3) is 0.0625. The van der Waals surface area contributed by atoms with Crippen molar-refractivity contribution >= 4 is 38.1 Å². The Labute approximate surface area is 301 Å². The second-order valence-corrected chi connectivity index (χ2v) is 14.4. The molecule has 52 heavy (non-hydrogen) atoms. The van der Waals surface area contributed by atoms with E-state index in [0.29, 0.717) is 5.82 Å². The maximum Gasteiger partial charge on any atom is 0.160 e. The van der Waals surface area contributed by atoms with Gasteiger partial charge in [0.25, 0.3) is 0 Å². The minimum Gasteiger partial charge on any atom is -0.308 e. The van der Waals surface area contributed by atoms with Crippen LogP contribution in [0.4, 0.5) is 0 Å². The van der Waals surface area contributed by atoms with Crippen LogP contribution in [0.3, 0.4) is 0 Å². The molecular weight excluding hydrogens is 633 g/mol. The van der Waals surface area contributed by atoms with Crippen LogP contribution in [0.5, 0.6) is 0 Å². The summed E-state index contributed by atoms with van der Waals surface area (Å²) in [7, 11) is 0. The van der Waals surface area contributed by atoms with E-state index in [1.807, 2.05) is 42.6 Å². The Kier molecular flexibility index (Phi) is 5.98. The molecule has 11 rings (SSSR count). The van der Waals surface area contributed by atoms with E-state index in [4.69, 9.17) is 9.97 Å². The summed E-state index contributed by atoms with van der Waals surface area (Å²) in [5.41, 5.74) is 15.9. The molecule has 0 N–H and O–H groups in total. The number of pyridine rings is 1. The predicted molar refractivity (Wildman–Crippen MR) is 214 cm³/mol. The Hall–Kier alpha value is -6.65. The molecule has 4 heterocycles. The number of fused-ring (bicyclic) bond motifs is 9. The Morgan fingerprint density at radius 3 is 1.87 bits per heavy atom. The van der Waals surface area contributed by atoms with Crippen molar-refractivity contribution in [1.82, 2.24) is 19.4 Å². The number of aromatic nitrogens is 4. The van der Waals surface area contributed by atoms with Gasteiger partial charge >= 0.3 is 0 Å². The molecule has 1 aliphatic carbocycles. The summed E-state index contributed by atoms with van der Waals surface area (Å²) in [4.78, 5) is 14.7. The normalized spacial score (nSPS) is 13.3. The molecule has 0 aliphatic heterocycles. The van der Waals surface area contributed by atoms with Gasteiger partial charge in [0.15, 0.2) is 5.82 Å². The van der Waals surface area contributed by atoms with E-state index in [-0.39, 0.29) is 5.41 Å². The molecule has 1 aliphatic rings. The molecule has 0 spiro atoms. The van der Waals surface area contributed by atoms with Crippen LogP contribution in [0.15, 0.2) is 158 Å². The molecule has 4 heteroatoms. The van der Waals surface area contributed by atoms with Gasteiger partial charge in [-0.15, -0.1) is 0 Å². The highest BCUT2D eigenvalue weighted by atomic mass is 14.9. The quantitative estimate of drug-likeness (QED) is 0.188. The molecule has 0 saturated carbocycles. The number of nitrogens with zero attached hydrogens (tertiary/aromatic N) is 4. The number of hydrogen-bond donors (Lipinski definition) is 0. The number of rotatable bonds is 4. The summed E-state index contributed by atoms with van der Waals surface area (Å²) < 4.78 is 2.45. The van der Waals surface area contributed by atoms with Crippen LogP contribution >= 0.6 is 0 Å². The lowest BCUT2D eigenvalue weighted by molar-refractivity contribution is 0.662. The first-order valence-electron chi connectivity index (χ1n) is 17.9. The summed E-state index contributed by atoms with van der Waals surface area (Å²) in [6, 6.07) is 54.4. The van der Waals surface area contributed by atoms with Crippen molar-refractivity contribution < 1.29 is 0 Å². The third-order valence-corrected chi connectivity index (χ3v) is 11.2. The minimum atomic E-state index is -0.207. The molecule has 0 fully saturated rings. The second-order valence-electron chi connectivity index (χ2n) is 14.4. The Morgan fingerprint density at radius 1 is 0.462 bits per heavy atom. The molecule has 6 aromatic carbocycles. The summed E-state index contributed by atoms with van der Waals surface area (Å²) >= 11 is 0. The molecule has 0 atom stereocenters. The monoisotopic (exact) mass is 664 g/mol. The van der Waals surface area contributed by atoms with Crippen LogP contribution in [-0.2, 0) is 5.41 Å². The minimum absolute atomic E-state index is 0.207. The van der Waals surface area contributed by atoms with E-state index < -0.39 is 0 Å². The van der Waals surface area contributed by atoms with Gasteiger partial charge in [-0.1, -0.05) is 117 Å². The average molecular weight is 665 g/mol. The lowest BCUT2D eigenvalue weighted by Gasteiger charge is -2.24. The third kappa shape index (κ3) is 4.06. The van der Waals surface area contributed by atoms with Crippen LogP contribution in [0.1, 0.15) is 25.0 Å². The smallest absolute Gasteiger partial charge is 0.160 e. The summed E-state index contributed by atoms with van der Waals surface area (Å²) in [6.45, 7) is 4.74. The van der Waals surface area contributed by atoms with Crippen LogP contribution in [0.2, 0.25) is 0 Å². The predicted octanol–water partition coefficient (Wildman–Crippen LogP) is 12.0. The van der Waals surface area contributed by atoms with Gasteiger partial charge in [0.05, 0.1) is 33.6 Å². The van der Waals surface area contributed by atoms with Crippen molar-refractivity contribution in [3.63, 3.8) is 0 Å². The van der Waals surface area contributed by atoms with Crippen LogP contribution in [-0.4, -0.2) is 19.4 Å². The highest BCUT2D eigenvalue weighted by Gasteiger charge is 2.38. The van der Waals surface area contributed by atoms with Gasteiger partial charge in [-0.25, -0.2) is 9.97 Å². The maximum absolute atomic E-state index is 5.13. The van der Waals surface area contributed by atoms with Crippen molar-refractivity contribution in [1.29, 1.82) is 0 Å². The largest absolute Gasteiger partial charge is 0.308 e. The molecule has 0 unspecified atom stereocenters. The molecule has 0 saturated heterocycles. The van der Waals surface area contributed by atoms with E-state index in [0.717, 1.165) is 28.2 Å². The van der Waals surface area contributed by atoms with Crippen molar-refractivity contribution in [2.45, 2.75) is 19.3 Å². The fourth-order valence-electron chi connectivity index (χ4n) is 8.86. The Balaban J connectivity index is 1.11. The lowest BCUT2D eigenvalue weighted by Crippen LogP contribution is -2.16. The van der Waals surface area contributed by atoms with Crippen LogP contribution in [0, 0.1) is 0 Å². The van der Waals surface area contributed by atoms with E-state index in [1.54, 1.807) is 0 Å². The standard InChI is InChI=1S/C48H32N4/c1-48(2)39-23-22-30(41-28-42(40-19-10-11-24-49-40)51-47(50-41)29-13-4-3-5-14-29)25-36(39)35-18-12-17-32(45(35)48)31-26-37-33-15-6-8-20-43(33)52-44-21-9-7-16-34(44)38(27-31)46(37)52/h3-28H,1-2H3. The zero-order valence-corrected chi connectivity index (χ0v) is 28.8. The highest BCUT2D eigenvalue weighted by molar-refractivity contribution is 6.24. The van der Waals surface area contributed by atoms with E-state index in [1.165, 1.54) is 71.5 Å². The van der Waals surface area contributed by atoms with E-state index >= 15 is 0 Å². The lowest BCUT2D eigenvalue weighted by atomic mass is 9.78. The van der Waals surface area contributed by atoms with Gasteiger partial charge in [0, 0.05) is 44.3 Å². The van der Waals surface area contributed by atoms with Gasteiger partial charge in [-0.05, 0) is 81.9 Å². The topological polar surface area (TPSA) is 43.1 Å². The zero-order chi connectivity index (χ0) is 34.6. The number of benzene rings is 6. The number of hydrogen-bond acceptors (Lipinski definition) is 3. The fourth-order valence-corrected chi connectivity index (χ4v) is 8.86. The SMILES string of the molecule is CC1(C)c2ccc(-c3cc(-c4ccccn4)nc(-c4ccccc4)n3)cc2-c2cccc(-c3cc4c5ccccc5n5c6ccccc6c(c3)c45)c21. The van der Waals surface area contributed by atoms with Crippen molar-refractivity contribution in [2.24, 2.45) is 0 Å². The molecule has 0 amide bonds. The molecule has 4 aromatic heterocycles. The van der Waals surface area contributed by atoms with Gasteiger partial charge in [-0.3, -0.25) is 4.98 Å². The van der Waals surface area contributed by atoms with Gasteiger partial charge in [-0.2, -0.15) is 0 Å². The van der Waals surface area contributed by atoms with Crippen molar-refractivity contribution in [2.75, 3.05) is 0 Å². The first kappa shape index (κ1) is 29.1. The van der Waals surface area contributed by atoms with E-state index in [2.05, 4.69) is 138 Å². The second kappa shape index (κ2) is 10.7. The molecule has 10 aromatic rings. The first-order chi connectivity index (χ1) is 25.5. The summed E-state index contributed by atoms with van der Waals surface area (Å²) in [5.74, 6) is 0.689. The van der Waals surface area contributed by atoms with Gasteiger partial charge in [0.1, 0.15) is 0 Å². The first-order valence-corrected chi connectivity index (χ1v) is 17.9. The Bertz CT molecular complexity index is 2890. The maximum atomic E-state index is 5.13. The summed E-state index contributed by atoms with van der Waals surface area (Å²) in [5, 5.41) is 5.18. The van der Waals surface area contributed by atoms with Gasteiger partial charge < -0.3 is 4.40 Å². The third-order valence-electron chi connectivity index (χ3n) is 11.2. The molecular formula is C48H32N4. The molecule has 0 bridgehead atoms. The molecule has 244 valence electrons. The highest BCUT2D eigenvalue weighted by Crippen LogP contribution is 2.54. The average Bonchev–Trinajstić information content (AvgIpc) is 3.80. The Morgan fingerprint density at radius 2 is 1.13 bits per heavy atom. The van der Waals surface area contributed by atoms with Gasteiger partial charge in [0.2, 0.25) is 0 Å². The summed E-state index contributed by atoms with van der Waals surface area (Å²) in [6.07, 6.45) is 1.81. The number of para-hydroxylation sites is 2. The molecule has 4 nitrogen and oxygen atoms in total. The van der Waals surface area contributed by atoms with E-state index in [9.17, 15) is 0 Å².